The minimum atomic E-state index is -3.77. The van der Waals surface area contributed by atoms with E-state index in [4.69, 9.17) is 0 Å². The maximum Gasteiger partial charge on any atom is 0.387 e. The summed E-state index contributed by atoms with van der Waals surface area (Å²) in [6.07, 6.45) is 0. The van der Waals surface area contributed by atoms with Crippen molar-refractivity contribution in [2.45, 2.75) is 18.1 Å². The molecule has 0 aliphatic heterocycles. The van der Waals surface area contributed by atoms with Gasteiger partial charge in [-0.1, -0.05) is 60.7 Å². The van der Waals surface area contributed by atoms with Crippen LogP contribution in [-0.4, -0.2) is 15.0 Å². The molecule has 0 atom stereocenters. The lowest BCUT2D eigenvalue weighted by Crippen LogP contribution is -2.23. The van der Waals surface area contributed by atoms with Gasteiger partial charge in [-0.05, 0) is 29.3 Å². The zero-order chi connectivity index (χ0) is 19.3. The molecule has 0 fully saturated rings. The van der Waals surface area contributed by atoms with Gasteiger partial charge in [0.05, 0.1) is 4.90 Å². The molecule has 0 amide bonds. The molecule has 0 bridgehead atoms. The van der Waals surface area contributed by atoms with Crippen molar-refractivity contribution in [1.82, 2.24) is 4.72 Å². The number of nitrogens with one attached hydrogen (secondary N) is 1. The first-order valence-corrected chi connectivity index (χ1v) is 9.62. The molecule has 140 valence electrons. The predicted molar refractivity (Wildman–Crippen MR) is 99.0 cm³/mol. The fourth-order valence-corrected chi connectivity index (χ4v) is 3.85. The second-order valence-corrected chi connectivity index (χ2v) is 7.44. The summed E-state index contributed by atoms with van der Waals surface area (Å²) in [5.74, 6) is 0.0195. The number of rotatable bonds is 7. The minimum absolute atomic E-state index is 0.0195. The minimum Gasteiger partial charge on any atom is -0.435 e. The maximum absolute atomic E-state index is 12.8. The van der Waals surface area contributed by atoms with E-state index < -0.39 is 16.6 Å². The number of hydrogen-bond donors (Lipinski definition) is 1. The second kappa shape index (κ2) is 8.28. The number of sulfonamides is 1. The maximum atomic E-state index is 12.8. The van der Waals surface area contributed by atoms with Crippen molar-refractivity contribution in [2.24, 2.45) is 0 Å². The van der Waals surface area contributed by atoms with Crippen molar-refractivity contribution in [1.29, 1.82) is 0 Å². The molecule has 3 aromatic carbocycles. The second-order valence-electron chi connectivity index (χ2n) is 5.71. The standard InChI is InChI=1S/C20H17F2NO3S/c21-20(22)26-17-12-10-15(11-13-17)14-23-27(24,25)19-9-5-4-8-18(19)16-6-2-1-3-7-16/h1-13,20,23H,14H2. The topological polar surface area (TPSA) is 55.4 Å². The Labute approximate surface area is 156 Å². The largest absolute Gasteiger partial charge is 0.435 e. The molecule has 0 saturated carbocycles. The number of halogens is 2. The number of hydrogen-bond acceptors (Lipinski definition) is 3. The van der Waals surface area contributed by atoms with Crippen LogP contribution in [0.2, 0.25) is 0 Å². The monoisotopic (exact) mass is 389 g/mol. The lowest BCUT2D eigenvalue weighted by Gasteiger charge is -2.12. The van der Waals surface area contributed by atoms with Crippen molar-refractivity contribution in [2.75, 3.05) is 0 Å². The molecule has 0 aliphatic carbocycles. The highest BCUT2D eigenvalue weighted by Gasteiger charge is 2.18. The average molecular weight is 389 g/mol. The van der Waals surface area contributed by atoms with Crippen LogP contribution >= 0.6 is 0 Å². The van der Waals surface area contributed by atoms with E-state index in [1.165, 1.54) is 24.3 Å². The van der Waals surface area contributed by atoms with Crippen LogP contribution in [0.5, 0.6) is 5.75 Å². The normalized spacial score (nSPS) is 11.5. The highest BCUT2D eigenvalue weighted by molar-refractivity contribution is 7.89. The molecule has 0 radical (unpaired) electrons. The summed E-state index contributed by atoms with van der Waals surface area (Å²) in [5.41, 5.74) is 2.02. The molecule has 4 nitrogen and oxygen atoms in total. The van der Waals surface area contributed by atoms with Gasteiger partial charge in [0.25, 0.3) is 0 Å². The first-order valence-electron chi connectivity index (χ1n) is 8.13. The van der Waals surface area contributed by atoms with Crippen LogP contribution in [0, 0.1) is 0 Å². The van der Waals surface area contributed by atoms with E-state index in [2.05, 4.69) is 9.46 Å². The van der Waals surface area contributed by atoms with Gasteiger partial charge in [0.1, 0.15) is 5.75 Å². The van der Waals surface area contributed by atoms with Gasteiger partial charge in [-0.3, -0.25) is 0 Å². The van der Waals surface area contributed by atoms with Crippen molar-refractivity contribution in [3.05, 3.63) is 84.4 Å². The van der Waals surface area contributed by atoms with Crippen molar-refractivity contribution < 1.29 is 21.9 Å². The summed E-state index contributed by atoms with van der Waals surface area (Å²) in [4.78, 5) is 0.175. The number of ether oxygens (including phenoxy) is 1. The highest BCUT2D eigenvalue weighted by atomic mass is 32.2. The van der Waals surface area contributed by atoms with Crippen molar-refractivity contribution in [3.8, 4) is 16.9 Å². The summed E-state index contributed by atoms with van der Waals surface area (Å²) in [6.45, 7) is -2.87. The summed E-state index contributed by atoms with van der Waals surface area (Å²) >= 11 is 0. The molecule has 27 heavy (non-hydrogen) atoms. The molecule has 0 aromatic heterocycles. The molecule has 0 heterocycles. The molecular formula is C20H17F2NO3S. The SMILES string of the molecule is O=S(=O)(NCc1ccc(OC(F)F)cc1)c1ccccc1-c1ccccc1. The Kier molecular flexibility index (Phi) is 5.83. The first kappa shape index (κ1) is 19.0. The van der Waals surface area contributed by atoms with Gasteiger partial charge in [0, 0.05) is 12.1 Å². The Balaban J connectivity index is 1.78. The Morgan fingerprint density at radius 3 is 2.15 bits per heavy atom. The number of alkyl halides is 2. The summed E-state index contributed by atoms with van der Waals surface area (Å²) in [5, 5.41) is 0. The van der Waals surface area contributed by atoms with Crippen LogP contribution < -0.4 is 9.46 Å². The Bertz CT molecular complexity index is 991. The Morgan fingerprint density at radius 1 is 0.852 bits per heavy atom. The van der Waals surface area contributed by atoms with Crippen LogP contribution in [0.3, 0.4) is 0 Å². The quantitative estimate of drug-likeness (QED) is 0.650. The van der Waals surface area contributed by atoms with Gasteiger partial charge in [-0.25, -0.2) is 13.1 Å². The predicted octanol–water partition coefficient (Wildman–Crippen LogP) is 4.43. The van der Waals surface area contributed by atoms with E-state index in [1.54, 1.807) is 24.3 Å². The van der Waals surface area contributed by atoms with Gasteiger partial charge in [0.15, 0.2) is 0 Å². The van der Waals surface area contributed by atoms with Crippen LogP contribution in [0.1, 0.15) is 5.56 Å². The average Bonchev–Trinajstić information content (AvgIpc) is 2.68. The summed E-state index contributed by atoms with van der Waals surface area (Å²) in [7, 11) is -3.77. The van der Waals surface area contributed by atoms with Gasteiger partial charge in [0.2, 0.25) is 10.0 Å². The molecule has 3 rings (SSSR count). The van der Waals surface area contributed by atoms with E-state index in [9.17, 15) is 17.2 Å². The van der Waals surface area contributed by atoms with E-state index in [-0.39, 0.29) is 17.2 Å². The molecular weight excluding hydrogens is 372 g/mol. The molecule has 0 aliphatic rings. The fraction of sp³-hybridized carbons (Fsp3) is 0.100. The lowest BCUT2D eigenvalue weighted by molar-refractivity contribution is -0.0498. The van der Waals surface area contributed by atoms with Gasteiger partial charge in [-0.2, -0.15) is 8.78 Å². The lowest BCUT2D eigenvalue weighted by atomic mass is 10.1. The van der Waals surface area contributed by atoms with Gasteiger partial charge >= 0.3 is 6.61 Å². The van der Waals surface area contributed by atoms with E-state index in [0.717, 1.165) is 5.56 Å². The molecule has 0 unspecified atom stereocenters. The fourth-order valence-electron chi connectivity index (χ4n) is 2.60. The summed E-state index contributed by atoms with van der Waals surface area (Å²) in [6, 6.07) is 21.8. The van der Waals surface area contributed by atoms with E-state index in [1.807, 2.05) is 30.3 Å². The molecule has 0 saturated heterocycles. The highest BCUT2D eigenvalue weighted by Crippen LogP contribution is 2.27. The molecule has 3 aromatic rings. The zero-order valence-electron chi connectivity index (χ0n) is 14.2. The summed E-state index contributed by atoms with van der Waals surface area (Å²) < 4.78 is 56.7. The smallest absolute Gasteiger partial charge is 0.387 e. The van der Waals surface area contributed by atoms with Crippen LogP contribution in [0.4, 0.5) is 8.78 Å². The Hall–Kier alpha value is -2.77. The molecule has 0 spiro atoms. The van der Waals surface area contributed by atoms with Crippen LogP contribution in [0.25, 0.3) is 11.1 Å². The van der Waals surface area contributed by atoms with Crippen molar-refractivity contribution >= 4 is 10.0 Å². The van der Waals surface area contributed by atoms with Gasteiger partial charge in [-0.15, -0.1) is 0 Å². The van der Waals surface area contributed by atoms with E-state index >= 15 is 0 Å². The first-order chi connectivity index (χ1) is 13.0. The number of benzene rings is 3. The zero-order valence-corrected chi connectivity index (χ0v) is 15.0. The third-order valence-corrected chi connectivity index (χ3v) is 5.34. The van der Waals surface area contributed by atoms with Crippen LogP contribution in [-0.2, 0) is 16.6 Å². The third kappa shape index (κ3) is 4.90. The van der Waals surface area contributed by atoms with Crippen LogP contribution in [0.15, 0.2) is 83.8 Å². The third-order valence-electron chi connectivity index (χ3n) is 3.88. The van der Waals surface area contributed by atoms with Crippen molar-refractivity contribution in [3.63, 3.8) is 0 Å². The van der Waals surface area contributed by atoms with E-state index in [0.29, 0.717) is 11.1 Å². The molecule has 1 N–H and O–H groups in total. The Morgan fingerprint density at radius 2 is 1.48 bits per heavy atom. The van der Waals surface area contributed by atoms with Gasteiger partial charge < -0.3 is 4.74 Å². The molecule has 7 heteroatoms.